The van der Waals surface area contributed by atoms with E-state index in [0.717, 1.165) is 5.56 Å². The van der Waals surface area contributed by atoms with Crippen LogP contribution in [0.4, 0.5) is 0 Å². The van der Waals surface area contributed by atoms with E-state index in [0.29, 0.717) is 16.6 Å². The number of ketones is 1. The summed E-state index contributed by atoms with van der Waals surface area (Å²) in [4.78, 5) is 42.3. The predicted molar refractivity (Wildman–Crippen MR) is 107 cm³/mol. The lowest BCUT2D eigenvalue weighted by atomic mass is 10.1. The lowest BCUT2D eigenvalue weighted by molar-refractivity contribution is 0.101. The highest BCUT2D eigenvalue weighted by atomic mass is 16.2. The van der Waals surface area contributed by atoms with E-state index in [9.17, 15) is 14.4 Å². The topological polar surface area (TPSA) is 74.0 Å². The molecule has 0 amide bonds. The summed E-state index contributed by atoms with van der Waals surface area (Å²) in [7, 11) is 0. The van der Waals surface area contributed by atoms with Crippen molar-refractivity contribution in [3.05, 3.63) is 105 Å². The number of fused-ring (bicyclic) bond motifs is 1. The van der Waals surface area contributed by atoms with Gasteiger partial charge in [0.2, 0.25) is 0 Å². The summed E-state index contributed by atoms with van der Waals surface area (Å²) in [6.45, 7) is 1.62. The van der Waals surface area contributed by atoms with E-state index >= 15 is 0 Å². The summed E-state index contributed by atoms with van der Waals surface area (Å²) in [5, 5.41) is 0.339. The van der Waals surface area contributed by atoms with Crippen LogP contribution in [-0.2, 0) is 6.54 Å². The number of hydrogen-bond acceptors (Lipinski definition) is 4. The summed E-state index contributed by atoms with van der Waals surface area (Å²) < 4.78 is 2.58. The number of Topliss-reactive ketones (excluding diaryl/α,β-unsaturated/α-hetero) is 1. The zero-order valence-electron chi connectivity index (χ0n) is 15.2. The lowest BCUT2D eigenvalue weighted by Crippen LogP contribution is -2.40. The van der Waals surface area contributed by atoms with Crippen molar-refractivity contribution in [2.75, 3.05) is 0 Å². The van der Waals surface area contributed by atoms with Crippen LogP contribution in [0.5, 0.6) is 0 Å². The third kappa shape index (κ3) is 3.05. The Bertz CT molecular complexity index is 1300. The normalized spacial score (nSPS) is 10.9. The van der Waals surface area contributed by atoms with Gasteiger partial charge >= 0.3 is 5.69 Å². The number of carbonyl (C=O) groups excluding carboxylic acids is 1. The van der Waals surface area contributed by atoms with Crippen molar-refractivity contribution >= 4 is 16.8 Å². The fourth-order valence-corrected chi connectivity index (χ4v) is 3.19. The maximum absolute atomic E-state index is 13.3. The smallest absolute Gasteiger partial charge is 0.295 e. The molecule has 0 bridgehead atoms. The van der Waals surface area contributed by atoms with E-state index in [4.69, 9.17) is 0 Å². The Labute approximate surface area is 160 Å². The zero-order valence-corrected chi connectivity index (χ0v) is 15.2. The minimum Gasteiger partial charge on any atom is -0.295 e. The molecule has 138 valence electrons. The Kier molecular flexibility index (Phi) is 4.45. The fraction of sp³-hybridized carbons (Fsp3) is 0.0909. The van der Waals surface area contributed by atoms with Gasteiger partial charge in [0.15, 0.2) is 11.4 Å². The van der Waals surface area contributed by atoms with Gasteiger partial charge in [-0.05, 0) is 36.8 Å². The van der Waals surface area contributed by atoms with Crippen molar-refractivity contribution in [2.24, 2.45) is 0 Å². The van der Waals surface area contributed by atoms with E-state index in [1.165, 1.54) is 22.3 Å². The molecular weight excluding hydrogens is 354 g/mol. The second-order valence-electron chi connectivity index (χ2n) is 6.48. The van der Waals surface area contributed by atoms with Gasteiger partial charge in [-0.2, -0.15) is 0 Å². The van der Waals surface area contributed by atoms with Gasteiger partial charge in [0, 0.05) is 11.8 Å². The summed E-state index contributed by atoms with van der Waals surface area (Å²) in [5.74, 6) is -0.107. The summed E-state index contributed by atoms with van der Waals surface area (Å²) >= 11 is 0. The molecule has 0 saturated carbocycles. The molecule has 0 N–H and O–H groups in total. The van der Waals surface area contributed by atoms with Crippen molar-refractivity contribution in [1.82, 2.24) is 14.1 Å². The molecule has 0 aliphatic carbocycles. The molecule has 0 spiro atoms. The van der Waals surface area contributed by atoms with Crippen LogP contribution in [-0.4, -0.2) is 19.9 Å². The molecule has 0 radical (unpaired) electrons. The van der Waals surface area contributed by atoms with Crippen molar-refractivity contribution in [2.45, 2.75) is 13.5 Å². The average Bonchev–Trinajstić information content (AvgIpc) is 2.72. The van der Waals surface area contributed by atoms with Gasteiger partial charge in [0.1, 0.15) is 0 Å². The van der Waals surface area contributed by atoms with Crippen LogP contribution in [0, 0.1) is 0 Å². The number of hydrogen-bond donors (Lipinski definition) is 0. The first-order valence-electron chi connectivity index (χ1n) is 8.82. The number of rotatable bonds is 4. The van der Waals surface area contributed by atoms with Gasteiger partial charge in [-0.25, -0.2) is 14.3 Å². The van der Waals surface area contributed by atoms with Gasteiger partial charge in [0.05, 0.1) is 17.6 Å². The van der Waals surface area contributed by atoms with Gasteiger partial charge in [-0.3, -0.25) is 14.2 Å². The average molecular weight is 371 g/mol. The van der Waals surface area contributed by atoms with Crippen LogP contribution >= 0.6 is 0 Å². The zero-order chi connectivity index (χ0) is 19.7. The molecule has 0 saturated heterocycles. The molecule has 0 aliphatic rings. The molecule has 2 aromatic heterocycles. The van der Waals surface area contributed by atoms with Crippen molar-refractivity contribution in [3.63, 3.8) is 0 Å². The van der Waals surface area contributed by atoms with E-state index in [-0.39, 0.29) is 18.0 Å². The quantitative estimate of drug-likeness (QED) is 0.517. The first-order valence-corrected chi connectivity index (χ1v) is 8.82. The molecule has 0 atom stereocenters. The van der Waals surface area contributed by atoms with E-state index in [2.05, 4.69) is 4.98 Å². The van der Waals surface area contributed by atoms with Crippen LogP contribution in [0.1, 0.15) is 22.8 Å². The lowest BCUT2D eigenvalue weighted by Gasteiger charge is -2.14. The number of nitrogens with zero attached hydrogens (tertiary/aromatic N) is 3. The number of pyridine rings is 1. The maximum Gasteiger partial charge on any atom is 0.337 e. The number of carbonyl (C=O) groups is 1. The number of aromatic nitrogens is 3. The highest BCUT2D eigenvalue weighted by Gasteiger charge is 2.16. The summed E-state index contributed by atoms with van der Waals surface area (Å²) in [5.41, 5.74) is 1.19. The van der Waals surface area contributed by atoms with Crippen LogP contribution in [0.2, 0.25) is 0 Å². The minimum atomic E-state index is -0.499. The minimum absolute atomic E-state index is 0.107. The standard InChI is InChI=1S/C22H17N3O3/c1-15(26)17-9-5-10-18(13-17)25-20-19(11-6-12-23-20)21(27)24(22(25)28)14-16-7-3-2-4-8-16/h2-13H,14H2,1H3. The molecule has 6 heteroatoms. The van der Waals surface area contributed by atoms with Gasteiger partial charge in [-0.1, -0.05) is 42.5 Å². The molecular formula is C22H17N3O3. The Morgan fingerprint density at radius 2 is 1.75 bits per heavy atom. The summed E-state index contributed by atoms with van der Waals surface area (Å²) in [6, 6.07) is 19.4. The van der Waals surface area contributed by atoms with Gasteiger partial charge in [-0.15, -0.1) is 0 Å². The Morgan fingerprint density at radius 3 is 2.50 bits per heavy atom. The third-order valence-electron chi connectivity index (χ3n) is 4.59. The van der Waals surface area contributed by atoms with Crippen LogP contribution in [0.25, 0.3) is 16.7 Å². The SMILES string of the molecule is CC(=O)c1cccc(-n2c(=O)n(Cc3ccccc3)c(=O)c3cccnc32)c1. The van der Waals surface area contributed by atoms with Gasteiger partial charge in [0.25, 0.3) is 5.56 Å². The van der Waals surface area contributed by atoms with Crippen LogP contribution in [0.3, 0.4) is 0 Å². The van der Waals surface area contributed by atoms with Crippen LogP contribution in [0.15, 0.2) is 82.5 Å². The maximum atomic E-state index is 13.3. The number of benzene rings is 2. The molecule has 4 aromatic rings. The monoisotopic (exact) mass is 371 g/mol. The second kappa shape index (κ2) is 7.08. The second-order valence-corrected chi connectivity index (χ2v) is 6.48. The highest BCUT2D eigenvalue weighted by molar-refractivity contribution is 5.94. The summed E-state index contributed by atoms with van der Waals surface area (Å²) in [6.07, 6.45) is 1.54. The van der Waals surface area contributed by atoms with Crippen molar-refractivity contribution in [1.29, 1.82) is 0 Å². The first-order chi connectivity index (χ1) is 13.6. The molecule has 2 heterocycles. The molecule has 0 fully saturated rings. The Morgan fingerprint density at radius 1 is 0.964 bits per heavy atom. The molecule has 2 aromatic carbocycles. The first kappa shape index (κ1) is 17.6. The van der Waals surface area contributed by atoms with Crippen molar-refractivity contribution < 1.29 is 4.79 Å². The molecule has 4 rings (SSSR count). The Balaban J connectivity index is 2.03. The third-order valence-corrected chi connectivity index (χ3v) is 4.59. The predicted octanol–water partition coefficient (Wildman–Crippen LogP) is 2.80. The molecule has 6 nitrogen and oxygen atoms in total. The van der Waals surface area contributed by atoms with Crippen molar-refractivity contribution in [3.8, 4) is 5.69 Å². The van der Waals surface area contributed by atoms with E-state index in [1.807, 2.05) is 30.3 Å². The van der Waals surface area contributed by atoms with E-state index in [1.54, 1.807) is 36.4 Å². The molecule has 0 aliphatic heterocycles. The fourth-order valence-electron chi connectivity index (χ4n) is 3.19. The van der Waals surface area contributed by atoms with Crippen LogP contribution < -0.4 is 11.2 Å². The Hall–Kier alpha value is -3.80. The highest BCUT2D eigenvalue weighted by Crippen LogP contribution is 2.14. The molecule has 0 unspecified atom stereocenters. The van der Waals surface area contributed by atoms with E-state index < -0.39 is 11.2 Å². The van der Waals surface area contributed by atoms with Gasteiger partial charge < -0.3 is 0 Å². The molecule has 28 heavy (non-hydrogen) atoms. The largest absolute Gasteiger partial charge is 0.337 e.